The summed E-state index contributed by atoms with van der Waals surface area (Å²) in [7, 11) is 0. The molecule has 0 unspecified atom stereocenters. The van der Waals surface area contributed by atoms with Crippen molar-refractivity contribution in [3.63, 3.8) is 0 Å². The maximum absolute atomic E-state index is 12.3. The minimum atomic E-state index is -0.372. The third-order valence-corrected chi connectivity index (χ3v) is 3.85. The van der Waals surface area contributed by atoms with Crippen molar-refractivity contribution in [3.8, 4) is 0 Å². The van der Waals surface area contributed by atoms with Gasteiger partial charge in [-0.1, -0.05) is 32.7 Å². The second-order valence-corrected chi connectivity index (χ2v) is 5.78. The molecule has 23 heavy (non-hydrogen) atoms. The molecule has 0 aliphatic rings. The number of carbonyl (C=O) groups is 1. The lowest BCUT2D eigenvalue weighted by molar-refractivity contribution is -0.681. The number of rotatable bonds is 5. The van der Waals surface area contributed by atoms with Gasteiger partial charge in [-0.15, -0.1) is 0 Å². The molecule has 1 aromatic heterocycles. The fraction of sp³-hybridized carbons (Fsp3) is 0.235. The van der Waals surface area contributed by atoms with E-state index < -0.39 is 0 Å². The highest BCUT2D eigenvalue weighted by molar-refractivity contribution is 9.10. The van der Waals surface area contributed by atoms with Gasteiger partial charge in [0.15, 0.2) is 0 Å². The van der Waals surface area contributed by atoms with Crippen LogP contribution in [0.2, 0.25) is 0 Å². The predicted molar refractivity (Wildman–Crippen MR) is 90.0 cm³/mol. The van der Waals surface area contributed by atoms with Crippen LogP contribution in [0.4, 0.5) is 0 Å². The van der Waals surface area contributed by atoms with Crippen LogP contribution in [0.5, 0.6) is 0 Å². The zero-order valence-electron chi connectivity index (χ0n) is 13.1. The fourth-order valence-corrected chi connectivity index (χ4v) is 2.53. The van der Waals surface area contributed by atoms with Crippen LogP contribution in [0, 0.1) is 0 Å². The first kappa shape index (κ1) is 17.1. The van der Waals surface area contributed by atoms with Crippen LogP contribution in [0.25, 0.3) is 0 Å². The molecule has 2 aromatic rings. The largest absolute Gasteiger partial charge is 0.854 e. The SMILES string of the molecule is CCN(CC)C(=O)c1ccc[n+](/N=C(\[O-])c2cccc(Br)c2)c1. The second kappa shape index (κ2) is 7.87. The number of benzene rings is 1. The number of halogens is 1. The fourth-order valence-electron chi connectivity index (χ4n) is 2.13. The van der Waals surface area contributed by atoms with Crippen molar-refractivity contribution in [1.82, 2.24) is 4.90 Å². The Balaban J connectivity index is 2.29. The topological polar surface area (TPSA) is 59.6 Å². The number of amides is 1. The summed E-state index contributed by atoms with van der Waals surface area (Å²) in [5, 5.41) is 16.2. The number of pyridine rings is 1. The first-order valence-corrected chi connectivity index (χ1v) is 8.17. The molecule has 0 N–H and O–H groups in total. The van der Waals surface area contributed by atoms with Crippen molar-refractivity contribution in [1.29, 1.82) is 0 Å². The van der Waals surface area contributed by atoms with Crippen molar-refractivity contribution in [2.75, 3.05) is 13.1 Å². The lowest BCUT2D eigenvalue weighted by Gasteiger charge is -2.17. The van der Waals surface area contributed by atoms with Gasteiger partial charge in [0.1, 0.15) is 5.56 Å². The van der Waals surface area contributed by atoms with Gasteiger partial charge in [-0.2, -0.15) is 0 Å². The summed E-state index contributed by atoms with van der Waals surface area (Å²) in [5.41, 5.74) is 0.981. The molecule has 0 radical (unpaired) electrons. The maximum Gasteiger partial charge on any atom is 0.260 e. The van der Waals surface area contributed by atoms with Gasteiger partial charge in [-0.05, 0) is 42.7 Å². The van der Waals surface area contributed by atoms with Crippen molar-refractivity contribution >= 4 is 27.7 Å². The second-order valence-electron chi connectivity index (χ2n) is 4.87. The average molecular weight is 376 g/mol. The number of hydrogen-bond donors (Lipinski definition) is 0. The van der Waals surface area contributed by atoms with Crippen LogP contribution in [0.15, 0.2) is 58.4 Å². The van der Waals surface area contributed by atoms with Gasteiger partial charge in [0, 0.05) is 23.6 Å². The molecule has 120 valence electrons. The minimum absolute atomic E-state index is 0.0746. The molecule has 1 aromatic carbocycles. The quantitative estimate of drug-likeness (QED) is 0.454. The summed E-state index contributed by atoms with van der Waals surface area (Å²) < 4.78 is 2.19. The Labute approximate surface area is 144 Å². The number of hydrogen-bond acceptors (Lipinski definition) is 3. The Kier molecular flexibility index (Phi) is 5.87. The zero-order chi connectivity index (χ0) is 16.8. The van der Waals surface area contributed by atoms with E-state index in [-0.39, 0.29) is 11.8 Å². The number of aromatic nitrogens is 1. The van der Waals surface area contributed by atoms with Crippen LogP contribution >= 0.6 is 15.9 Å². The highest BCUT2D eigenvalue weighted by atomic mass is 79.9. The highest BCUT2D eigenvalue weighted by Crippen LogP contribution is 2.11. The molecule has 0 bridgehead atoms. The van der Waals surface area contributed by atoms with Gasteiger partial charge < -0.3 is 10.0 Å². The molecule has 0 saturated heterocycles. The van der Waals surface area contributed by atoms with Gasteiger partial charge in [-0.25, -0.2) is 0 Å². The van der Waals surface area contributed by atoms with Crippen LogP contribution in [0.1, 0.15) is 29.8 Å². The first-order valence-electron chi connectivity index (χ1n) is 7.37. The van der Waals surface area contributed by atoms with E-state index in [4.69, 9.17) is 0 Å². The molecular formula is C17H18BrN3O2. The molecule has 0 fully saturated rings. The van der Waals surface area contributed by atoms with E-state index in [1.807, 2.05) is 19.9 Å². The van der Waals surface area contributed by atoms with Crippen molar-refractivity contribution < 1.29 is 14.6 Å². The molecule has 2 rings (SSSR count). The molecule has 1 amide bonds. The summed E-state index contributed by atoms with van der Waals surface area (Å²) in [6.45, 7) is 5.13. The van der Waals surface area contributed by atoms with Crippen molar-refractivity contribution in [3.05, 3.63) is 64.4 Å². The van der Waals surface area contributed by atoms with E-state index in [0.29, 0.717) is 24.2 Å². The third-order valence-electron chi connectivity index (χ3n) is 3.36. The standard InChI is InChI=1S/C17H18BrN3O2/c1-3-20(4-2)17(23)14-8-6-10-21(12-14)19-16(22)13-7-5-9-15(18)11-13/h5-12H,3-4H2,1-2H3. The van der Waals surface area contributed by atoms with Crippen LogP contribution in [-0.2, 0) is 0 Å². The Morgan fingerprint density at radius 3 is 2.57 bits per heavy atom. The van der Waals surface area contributed by atoms with Crippen molar-refractivity contribution in [2.24, 2.45) is 5.10 Å². The third kappa shape index (κ3) is 4.39. The van der Waals surface area contributed by atoms with E-state index in [1.165, 1.54) is 4.68 Å². The van der Waals surface area contributed by atoms with Crippen LogP contribution < -0.4 is 9.78 Å². The van der Waals surface area contributed by atoms with Crippen LogP contribution in [-0.4, -0.2) is 29.8 Å². The first-order chi connectivity index (χ1) is 11.0. The Morgan fingerprint density at radius 2 is 1.91 bits per heavy atom. The summed E-state index contributed by atoms with van der Waals surface area (Å²) in [5.74, 6) is -0.446. The van der Waals surface area contributed by atoms with E-state index in [2.05, 4.69) is 21.0 Å². The van der Waals surface area contributed by atoms with Gasteiger partial charge in [-0.3, -0.25) is 4.79 Å². The Bertz CT molecular complexity index is 727. The zero-order valence-corrected chi connectivity index (χ0v) is 14.7. The van der Waals surface area contributed by atoms with Gasteiger partial charge >= 0.3 is 0 Å². The molecule has 6 heteroatoms. The minimum Gasteiger partial charge on any atom is -0.854 e. The van der Waals surface area contributed by atoms with E-state index in [9.17, 15) is 9.90 Å². The summed E-state index contributed by atoms with van der Waals surface area (Å²) in [6, 6.07) is 10.4. The highest BCUT2D eigenvalue weighted by Gasteiger charge is 2.15. The molecule has 0 aliphatic carbocycles. The van der Waals surface area contributed by atoms with Gasteiger partial charge in [0.2, 0.25) is 12.4 Å². The maximum atomic E-state index is 12.3. The Morgan fingerprint density at radius 1 is 1.22 bits per heavy atom. The molecular weight excluding hydrogens is 358 g/mol. The number of nitrogens with zero attached hydrogens (tertiary/aromatic N) is 3. The lowest BCUT2D eigenvalue weighted by Crippen LogP contribution is -2.36. The molecule has 0 spiro atoms. The summed E-state index contributed by atoms with van der Waals surface area (Å²) in [4.78, 5) is 14.1. The van der Waals surface area contributed by atoms with E-state index >= 15 is 0 Å². The van der Waals surface area contributed by atoms with E-state index in [0.717, 1.165) is 4.47 Å². The smallest absolute Gasteiger partial charge is 0.260 e. The van der Waals surface area contributed by atoms with Gasteiger partial charge in [0.05, 0.1) is 5.90 Å². The molecule has 0 saturated carbocycles. The predicted octanol–water partition coefficient (Wildman–Crippen LogP) is 1.79. The number of carbonyl (C=O) groups excluding carboxylic acids is 1. The lowest BCUT2D eigenvalue weighted by atomic mass is 10.2. The van der Waals surface area contributed by atoms with E-state index in [1.54, 1.807) is 47.6 Å². The molecule has 0 aliphatic heterocycles. The molecule has 5 nitrogen and oxygen atoms in total. The summed E-state index contributed by atoms with van der Waals surface area (Å²) >= 11 is 3.33. The van der Waals surface area contributed by atoms with Crippen molar-refractivity contribution in [2.45, 2.75) is 13.8 Å². The average Bonchev–Trinajstić information content (AvgIpc) is 2.56. The van der Waals surface area contributed by atoms with Gasteiger partial charge in [0.25, 0.3) is 5.91 Å². The Hall–Kier alpha value is -2.21. The normalized spacial score (nSPS) is 11.3. The molecule has 0 atom stereocenters. The summed E-state index contributed by atoms with van der Waals surface area (Å²) in [6.07, 6.45) is 3.20. The monoisotopic (exact) mass is 375 g/mol. The van der Waals surface area contributed by atoms with Crippen LogP contribution in [0.3, 0.4) is 0 Å². The molecule has 1 heterocycles.